The molecule has 2 aromatic rings. The van der Waals surface area contributed by atoms with E-state index in [2.05, 4.69) is 26.2 Å². The second-order valence-electron chi connectivity index (χ2n) is 4.24. The van der Waals surface area contributed by atoms with Crippen LogP contribution in [0.3, 0.4) is 0 Å². The monoisotopic (exact) mass is 326 g/mol. The quantitative estimate of drug-likeness (QED) is 0.937. The van der Waals surface area contributed by atoms with Gasteiger partial charge in [-0.15, -0.1) is 11.3 Å². The topological polar surface area (TPSA) is 55.1 Å². The lowest BCUT2D eigenvalue weighted by atomic mass is 10.4. The number of rotatable bonds is 4. The highest BCUT2D eigenvalue weighted by atomic mass is 79.9. The number of hydrogen-bond acceptors (Lipinski definition) is 4. The molecule has 1 fully saturated rings. The van der Waals surface area contributed by atoms with Crippen molar-refractivity contribution in [3.05, 3.63) is 38.6 Å². The summed E-state index contributed by atoms with van der Waals surface area (Å²) in [5.41, 5.74) is 0.917. The zero-order chi connectivity index (χ0) is 12.5. The van der Waals surface area contributed by atoms with Crippen molar-refractivity contribution < 1.29 is 9.21 Å². The number of nitrogens with one attached hydrogen (secondary N) is 1. The van der Waals surface area contributed by atoms with E-state index >= 15 is 0 Å². The van der Waals surface area contributed by atoms with Crippen LogP contribution in [0.1, 0.15) is 40.0 Å². The smallest absolute Gasteiger partial charge is 0.287 e. The van der Waals surface area contributed by atoms with Crippen LogP contribution >= 0.6 is 27.3 Å². The van der Waals surface area contributed by atoms with Gasteiger partial charge in [0.1, 0.15) is 0 Å². The van der Waals surface area contributed by atoms with E-state index in [4.69, 9.17) is 4.42 Å². The molecule has 1 aliphatic carbocycles. The lowest BCUT2D eigenvalue weighted by Gasteiger charge is -1.99. The maximum atomic E-state index is 11.7. The summed E-state index contributed by atoms with van der Waals surface area (Å²) in [4.78, 5) is 16.2. The summed E-state index contributed by atoms with van der Waals surface area (Å²) in [6.45, 7) is 0.445. The van der Waals surface area contributed by atoms with Gasteiger partial charge in [-0.2, -0.15) is 0 Å². The van der Waals surface area contributed by atoms with Crippen LogP contribution in [0.4, 0.5) is 0 Å². The summed E-state index contributed by atoms with van der Waals surface area (Å²) in [7, 11) is 0. The SMILES string of the molecule is O=C(NCc1csc(C2CC2)n1)c1ccc(Br)o1. The minimum Gasteiger partial charge on any atom is -0.444 e. The molecule has 0 bridgehead atoms. The first-order valence-corrected chi connectivity index (χ1v) is 7.37. The van der Waals surface area contributed by atoms with Gasteiger partial charge in [0, 0.05) is 11.3 Å². The molecule has 18 heavy (non-hydrogen) atoms. The normalized spacial score (nSPS) is 14.7. The van der Waals surface area contributed by atoms with Gasteiger partial charge in [-0.3, -0.25) is 4.79 Å². The molecule has 0 aromatic carbocycles. The third kappa shape index (κ3) is 2.64. The van der Waals surface area contributed by atoms with E-state index in [0.29, 0.717) is 22.9 Å². The minimum atomic E-state index is -0.221. The van der Waals surface area contributed by atoms with Crippen LogP contribution < -0.4 is 5.32 Å². The lowest BCUT2D eigenvalue weighted by molar-refractivity contribution is 0.0921. The van der Waals surface area contributed by atoms with Gasteiger partial charge in [-0.1, -0.05) is 0 Å². The fourth-order valence-corrected chi connectivity index (χ4v) is 2.91. The van der Waals surface area contributed by atoms with Crippen molar-refractivity contribution in [2.75, 3.05) is 0 Å². The molecular formula is C12H11BrN2O2S. The van der Waals surface area contributed by atoms with Crippen LogP contribution in [-0.2, 0) is 6.54 Å². The molecule has 6 heteroatoms. The van der Waals surface area contributed by atoms with Crippen molar-refractivity contribution in [2.45, 2.75) is 25.3 Å². The molecule has 2 aromatic heterocycles. The third-order valence-corrected chi connectivity index (χ3v) is 4.21. The van der Waals surface area contributed by atoms with Gasteiger partial charge in [0.05, 0.1) is 17.2 Å². The summed E-state index contributed by atoms with van der Waals surface area (Å²) < 4.78 is 5.73. The van der Waals surface area contributed by atoms with Gasteiger partial charge in [0.15, 0.2) is 10.4 Å². The van der Waals surface area contributed by atoms with Crippen molar-refractivity contribution in [3.8, 4) is 0 Å². The first-order chi connectivity index (χ1) is 8.72. The summed E-state index contributed by atoms with van der Waals surface area (Å²) >= 11 is 4.84. The van der Waals surface area contributed by atoms with Crippen molar-refractivity contribution in [1.82, 2.24) is 10.3 Å². The van der Waals surface area contributed by atoms with E-state index in [1.165, 1.54) is 17.8 Å². The van der Waals surface area contributed by atoms with Gasteiger partial charge in [0.2, 0.25) is 0 Å². The molecule has 0 radical (unpaired) electrons. The Morgan fingerprint density at radius 2 is 2.39 bits per heavy atom. The Kier molecular flexibility index (Phi) is 3.22. The van der Waals surface area contributed by atoms with Crippen LogP contribution in [0.15, 0.2) is 26.6 Å². The second-order valence-corrected chi connectivity index (χ2v) is 5.91. The average molecular weight is 327 g/mol. The number of carbonyl (C=O) groups is 1. The number of halogens is 1. The predicted octanol–water partition coefficient (Wildman–Crippen LogP) is 3.31. The van der Waals surface area contributed by atoms with Crippen LogP contribution in [-0.4, -0.2) is 10.9 Å². The fraction of sp³-hybridized carbons (Fsp3) is 0.333. The fourth-order valence-electron chi connectivity index (χ4n) is 1.62. The molecule has 0 saturated heterocycles. The van der Waals surface area contributed by atoms with Crippen molar-refractivity contribution >= 4 is 33.2 Å². The Balaban J connectivity index is 1.58. The molecule has 0 unspecified atom stereocenters. The average Bonchev–Trinajstić information content (AvgIpc) is 2.95. The Morgan fingerprint density at radius 3 is 3.06 bits per heavy atom. The van der Waals surface area contributed by atoms with Crippen LogP contribution in [0, 0.1) is 0 Å². The molecule has 4 nitrogen and oxygen atoms in total. The van der Waals surface area contributed by atoms with E-state index in [9.17, 15) is 4.79 Å². The molecule has 2 heterocycles. The third-order valence-electron chi connectivity index (χ3n) is 2.72. The van der Waals surface area contributed by atoms with Gasteiger partial charge < -0.3 is 9.73 Å². The lowest BCUT2D eigenvalue weighted by Crippen LogP contribution is -2.22. The largest absolute Gasteiger partial charge is 0.444 e. The highest BCUT2D eigenvalue weighted by Gasteiger charge is 2.26. The van der Waals surface area contributed by atoms with E-state index in [0.717, 1.165) is 5.69 Å². The van der Waals surface area contributed by atoms with Gasteiger partial charge in [-0.05, 0) is 40.9 Å². The summed E-state index contributed by atoms with van der Waals surface area (Å²) in [5, 5.41) is 5.99. The number of carbonyl (C=O) groups excluding carboxylic acids is 1. The number of furan rings is 1. The standard InChI is InChI=1S/C12H11BrN2O2S/c13-10-4-3-9(17-10)11(16)14-5-8-6-18-12(15-8)7-1-2-7/h3-4,6-7H,1-2,5H2,(H,14,16). The van der Waals surface area contributed by atoms with E-state index in [1.54, 1.807) is 23.5 Å². The zero-order valence-corrected chi connectivity index (χ0v) is 11.9. The molecule has 0 atom stereocenters. The van der Waals surface area contributed by atoms with Crippen molar-refractivity contribution in [1.29, 1.82) is 0 Å². The Bertz CT molecular complexity index is 574. The van der Waals surface area contributed by atoms with E-state index in [-0.39, 0.29) is 5.91 Å². The number of amides is 1. The molecule has 1 amide bonds. The molecule has 1 N–H and O–H groups in total. The molecule has 0 spiro atoms. The molecular weight excluding hydrogens is 316 g/mol. The van der Waals surface area contributed by atoms with Gasteiger partial charge in [-0.25, -0.2) is 4.98 Å². The van der Waals surface area contributed by atoms with Crippen molar-refractivity contribution in [3.63, 3.8) is 0 Å². The number of thiazole rings is 1. The second kappa shape index (κ2) is 4.85. The summed E-state index contributed by atoms with van der Waals surface area (Å²) in [6, 6.07) is 3.33. The number of aromatic nitrogens is 1. The summed E-state index contributed by atoms with van der Waals surface area (Å²) in [5.74, 6) is 0.752. The molecule has 3 rings (SSSR count). The highest BCUT2D eigenvalue weighted by molar-refractivity contribution is 9.10. The van der Waals surface area contributed by atoms with Gasteiger partial charge >= 0.3 is 0 Å². The van der Waals surface area contributed by atoms with E-state index < -0.39 is 0 Å². The number of hydrogen-bond donors (Lipinski definition) is 1. The van der Waals surface area contributed by atoms with E-state index in [1.807, 2.05) is 5.38 Å². The van der Waals surface area contributed by atoms with Crippen molar-refractivity contribution in [2.24, 2.45) is 0 Å². The first-order valence-electron chi connectivity index (χ1n) is 5.70. The van der Waals surface area contributed by atoms with Crippen LogP contribution in [0.2, 0.25) is 0 Å². The highest BCUT2D eigenvalue weighted by Crippen LogP contribution is 2.41. The molecule has 94 valence electrons. The maximum Gasteiger partial charge on any atom is 0.287 e. The zero-order valence-electron chi connectivity index (χ0n) is 9.48. The Hall–Kier alpha value is -1.14. The summed E-state index contributed by atoms with van der Waals surface area (Å²) in [6.07, 6.45) is 2.50. The minimum absolute atomic E-state index is 0.221. The maximum absolute atomic E-state index is 11.7. The Morgan fingerprint density at radius 1 is 1.56 bits per heavy atom. The number of nitrogens with zero attached hydrogens (tertiary/aromatic N) is 1. The van der Waals surface area contributed by atoms with Crippen LogP contribution in [0.25, 0.3) is 0 Å². The van der Waals surface area contributed by atoms with Gasteiger partial charge in [0.25, 0.3) is 5.91 Å². The molecule has 0 aliphatic heterocycles. The van der Waals surface area contributed by atoms with Crippen LogP contribution in [0.5, 0.6) is 0 Å². The first kappa shape index (κ1) is 11.9. The molecule has 1 aliphatic rings. The Labute approximate surface area is 117 Å². The molecule has 1 saturated carbocycles. The predicted molar refractivity (Wildman–Crippen MR) is 71.7 cm³/mol.